The van der Waals surface area contributed by atoms with Crippen LogP contribution >= 0.6 is 0 Å². The van der Waals surface area contributed by atoms with Gasteiger partial charge in [0.05, 0.1) is 5.39 Å². The van der Waals surface area contributed by atoms with E-state index >= 15 is 0 Å². The molecule has 5 nitrogen and oxygen atoms in total. The van der Waals surface area contributed by atoms with Crippen molar-refractivity contribution in [2.75, 3.05) is 11.5 Å². The number of pyridine rings is 1. The fraction of sp³-hybridized carbons (Fsp3) is 0.188. The molecule has 6 heteroatoms. The van der Waals surface area contributed by atoms with E-state index in [4.69, 9.17) is 11.5 Å². The fourth-order valence-electron chi connectivity index (χ4n) is 2.68. The Morgan fingerprint density at radius 3 is 2.59 bits per heavy atom. The molecule has 112 valence electrons. The zero-order valence-electron chi connectivity index (χ0n) is 12.4. The van der Waals surface area contributed by atoms with E-state index in [1.807, 2.05) is 19.9 Å². The average molecular weight is 297 g/mol. The van der Waals surface area contributed by atoms with Crippen LogP contribution in [0.5, 0.6) is 0 Å². The van der Waals surface area contributed by atoms with Gasteiger partial charge in [-0.05, 0) is 49.1 Å². The highest BCUT2D eigenvalue weighted by Crippen LogP contribution is 2.27. The summed E-state index contributed by atoms with van der Waals surface area (Å²) in [5, 5.41) is 0.700. The number of fused-ring (bicyclic) bond motifs is 1. The lowest BCUT2D eigenvalue weighted by Gasteiger charge is -2.13. The van der Waals surface area contributed by atoms with Crippen molar-refractivity contribution in [3.05, 3.63) is 52.5 Å². The fourth-order valence-corrected chi connectivity index (χ4v) is 2.68. The van der Waals surface area contributed by atoms with E-state index in [0.717, 1.165) is 22.4 Å². The maximum Gasteiger partial charge on any atom is 0.224 e. The quantitative estimate of drug-likeness (QED) is 0.758. The van der Waals surface area contributed by atoms with E-state index in [-0.39, 0.29) is 11.8 Å². The smallest absolute Gasteiger partial charge is 0.224 e. The summed E-state index contributed by atoms with van der Waals surface area (Å²) in [7, 11) is 0. The van der Waals surface area contributed by atoms with Crippen LogP contribution in [0.1, 0.15) is 22.4 Å². The Hall–Kier alpha value is -2.76. The molecule has 0 aliphatic rings. The minimum Gasteiger partial charge on any atom is -0.383 e. The highest BCUT2D eigenvalue weighted by atomic mass is 19.1. The van der Waals surface area contributed by atoms with Gasteiger partial charge in [-0.3, -0.25) is 0 Å². The number of rotatable bonds is 2. The largest absolute Gasteiger partial charge is 0.383 e. The van der Waals surface area contributed by atoms with E-state index in [2.05, 4.69) is 15.0 Å². The van der Waals surface area contributed by atoms with Crippen molar-refractivity contribution in [3.8, 4) is 0 Å². The molecule has 1 aromatic carbocycles. The van der Waals surface area contributed by atoms with Gasteiger partial charge in [0, 0.05) is 5.69 Å². The van der Waals surface area contributed by atoms with E-state index in [1.165, 1.54) is 12.1 Å². The molecule has 0 radical (unpaired) electrons. The summed E-state index contributed by atoms with van der Waals surface area (Å²) in [6, 6.07) is 6.53. The topological polar surface area (TPSA) is 90.7 Å². The molecule has 0 spiro atoms. The first-order chi connectivity index (χ1) is 10.5. The van der Waals surface area contributed by atoms with Crippen molar-refractivity contribution in [3.63, 3.8) is 0 Å². The number of nitrogens with two attached hydrogens (primary N) is 2. The molecule has 0 saturated carbocycles. The minimum absolute atomic E-state index is 0.106. The van der Waals surface area contributed by atoms with Crippen LogP contribution in [-0.4, -0.2) is 15.0 Å². The van der Waals surface area contributed by atoms with Gasteiger partial charge in [-0.25, -0.2) is 9.37 Å². The van der Waals surface area contributed by atoms with E-state index in [9.17, 15) is 4.39 Å². The maximum absolute atomic E-state index is 13.4. The molecule has 2 heterocycles. The summed E-state index contributed by atoms with van der Waals surface area (Å²) in [5.41, 5.74) is 15.7. The molecule has 0 unspecified atom stereocenters. The summed E-state index contributed by atoms with van der Waals surface area (Å²) < 4.78 is 13.4. The number of hydrogen-bond donors (Lipinski definition) is 2. The predicted octanol–water partition coefficient (Wildman–Crippen LogP) is 2.54. The number of aromatic nitrogens is 3. The number of aryl methyl sites for hydroxylation is 2. The zero-order valence-corrected chi connectivity index (χ0v) is 12.4. The normalized spacial score (nSPS) is 11.0. The van der Waals surface area contributed by atoms with Crippen LogP contribution in [0.4, 0.5) is 16.2 Å². The minimum atomic E-state index is -0.253. The lowest BCUT2D eigenvalue weighted by atomic mass is 9.97. The second-order valence-electron chi connectivity index (χ2n) is 5.27. The van der Waals surface area contributed by atoms with E-state index in [1.54, 1.807) is 6.07 Å². The second kappa shape index (κ2) is 5.22. The average Bonchev–Trinajstić information content (AvgIpc) is 2.42. The van der Waals surface area contributed by atoms with Crippen molar-refractivity contribution in [1.82, 2.24) is 15.0 Å². The summed E-state index contributed by atoms with van der Waals surface area (Å²) in [6.07, 6.45) is 0.572. The molecule has 0 saturated heterocycles. The Bertz CT molecular complexity index is 876. The summed E-state index contributed by atoms with van der Waals surface area (Å²) in [4.78, 5) is 12.6. The van der Waals surface area contributed by atoms with Crippen molar-refractivity contribution in [2.45, 2.75) is 20.3 Å². The number of anilines is 2. The number of nitrogen functional groups attached to an aromatic ring is 2. The summed E-state index contributed by atoms with van der Waals surface area (Å²) in [5.74, 6) is 0.166. The Kier molecular flexibility index (Phi) is 3.36. The molecule has 0 aliphatic heterocycles. The molecule has 22 heavy (non-hydrogen) atoms. The van der Waals surface area contributed by atoms with Crippen molar-refractivity contribution in [2.24, 2.45) is 0 Å². The van der Waals surface area contributed by atoms with Crippen molar-refractivity contribution < 1.29 is 4.39 Å². The molecule has 0 aliphatic carbocycles. The van der Waals surface area contributed by atoms with Gasteiger partial charge in [0.15, 0.2) is 5.65 Å². The summed E-state index contributed by atoms with van der Waals surface area (Å²) in [6.45, 7) is 3.84. The van der Waals surface area contributed by atoms with Crippen LogP contribution in [0, 0.1) is 19.7 Å². The van der Waals surface area contributed by atoms with Gasteiger partial charge < -0.3 is 11.5 Å². The molecular formula is C16H16FN5. The number of benzene rings is 1. The lowest BCUT2D eigenvalue weighted by Crippen LogP contribution is -2.07. The third-order valence-electron chi connectivity index (χ3n) is 3.74. The zero-order chi connectivity index (χ0) is 15.9. The Labute approximate surface area is 127 Å². The number of halogens is 1. The van der Waals surface area contributed by atoms with Crippen molar-refractivity contribution in [1.29, 1.82) is 0 Å². The van der Waals surface area contributed by atoms with Gasteiger partial charge in [-0.2, -0.15) is 9.97 Å². The highest BCUT2D eigenvalue weighted by molar-refractivity contribution is 5.90. The van der Waals surface area contributed by atoms with Crippen LogP contribution in [0.3, 0.4) is 0 Å². The van der Waals surface area contributed by atoms with Crippen molar-refractivity contribution >= 4 is 22.8 Å². The molecule has 3 aromatic rings. The van der Waals surface area contributed by atoms with Gasteiger partial charge in [-0.15, -0.1) is 0 Å². The Morgan fingerprint density at radius 2 is 1.86 bits per heavy atom. The monoisotopic (exact) mass is 297 g/mol. The Morgan fingerprint density at radius 1 is 1.09 bits per heavy atom. The third kappa shape index (κ3) is 2.43. The molecule has 0 bridgehead atoms. The molecule has 0 fully saturated rings. The lowest BCUT2D eigenvalue weighted by molar-refractivity contribution is 0.626. The van der Waals surface area contributed by atoms with Crippen LogP contribution in [-0.2, 0) is 6.42 Å². The third-order valence-corrected chi connectivity index (χ3v) is 3.74. The molecular weight excluding hydrogens is 281 g/mol. The molecule has 2 aromatic heterocycles. The molecule has 3 rings (SSSR count). The van der Waals surface area contributed by atoms with Crippen LogP contribution in [0.2, 0.25) is 0 Å². The van der Waals surface area contributed by atoms with Crippen LogP contribution < -0.4 is 11.5 Å². The molecule has 0 atom stereocenters. The molecule has 4 N–H and O–H groups in total. The standard InChI is InChI=1S/C16H16FN5/c1-8-12(7-10-4-3-5-11(17)6-10)9(2)20-15-13(8)14(18)21-16(19)22-15/h3-6H,7H2,1-2H3,(H4,18,19,20,21,22). The highest BCUT2D eigenvalue weighted by Gasteiger charge is 2.14. The summed E-state index contributed by atoms with van der Waals surface area (Å²) >= 11 is 0. The van der Waals surface area contributed by atoms with E-state index < -0.39 is 0 Å². The maximum atomic E-state index is 13.4. The Balaban J connectivity index is 2.18. The first-order valence-electron chi connectivity index (χ1n) is 6.89. The van der Waals surface area contributed by atoms with Gasteiger partial charge in [-0.1, -0.05) is 12.1 Å². The molecule has 0 amide bonds. The van der Waals surface area contributed by atoms with E-state index in [0.29, 0.717) is 23.3 Å². The van der Waals surface area contributed by atoms with Gasteiger partial charge in [0.2, 0.25) is 5.95 Å². The first-order valence-corrected chi connectivity index (χ1v) is 6.89. The SMILES string of the molecule is Cc1nc2nc(N)nc(N)c2c(C)c1Cc1cccc(F)c1. The first kappa shape index (κ1) is 14.2. The van der Waals surface area contributed by atoms with Gasteiger partial charge in [0.25, 0.3) is 0 Å². The number of hydrogen-bond acceptors (Lipinski definition) is 5. The van der Waals surface area contributed by atoms with Crippen LogP contribution in [0.25, 0.3) is 11.0 Å². The second-order valence-corrected chi connectivity index (χ2v) is 5.27. The van der Waals surface area contributed by atoms with Gasteiger partial charge in [0.1, 0.15) is 11.6 Å². The predicted molar refractivity (Wildman–Crippen MR) is 84.8 cm³/mol. The van der Waals surface area contributed by atoms with Crippen LogP contribution in [0.15, 0.2) is 24.3 Å². The van der Waals surface area contributed by atoms with Gasteiger partial charge >= 0.3 is 0 Å². The number of nitrogens with zero attached hydrogens (tertiary/aromatic N) is 3.